The Hall–Kier alpha value is -2.80. The van der Waals surface area contributed by atoms with Gasteiger partial charge in [-0.05, 0) is 37.3 Å². The number of nitrogens with zero attached hydrogens (tertiary/aromatic N) is 1. The molecule has 0 bridgehead atoms. The van der Waals surface area contributed by atoms with E-state index in [-0.39, 0.29) is 5.91 Å². The number of carbonyl (C=O) groups is 1. The number of rotatable bonds is 5. The van der Waals surface area contributed by atoms with Gasteiger partial charge in [-0.1, -0.05) is 18.2 Å². The quantitative estimate of drug-likeness (QED) is 0.916. The summed E-state index contributed by atoms with van der Waals surface area (Å²) in [5.74, 6) is 0.603. The summed E-state index contributed by atoms with van der Waals surface area (Å²) in [6, 6.07) is 16.2. The molecule has 106 valence electrons. The Morgan fingerprint density at radius 1 is 1.19 bits per heavy atom. The highest BCUT2D eigenvalue weighted by Crippen LogP contribution is 2.17. The predicted octanol–water partition coefficient (Wildman–Crippen LogP) is 2.89. The number of nitriles is 1. The summed E-state index contributed by atoms with van der Waals surface area (Å²) < 4.78 is 5.52. The van der Waals surface area contributed by atoms with Gasteiger partial charge in [0.2, 0.25) is 0 Å². The average molecular weight is 280 g/mol. The van der Waals surface area contributed by atoms with Gasteiger partial charge in [-0.15, -0.1) is 0 Å². The Morgan fingerprint density at radius 3 is 2.57 bits per heavy atom. The first-order valence-corrected chi connectivity index (χ1v) is 6.73. The second-order valence-corrected chi connectivity index (χ2v) is 4.41. The molecule has 0 aliphatic rings. The van der Waals surface area contributed by atoms with Crippen LogP contribution >= 0.6 is 0 Å². The summed E-state index contributed by atoms with van der Waals surface area (Å²) in [6.07, 6.45) is 0. The van der Waals surface area contributed by atoms with Crippen molar-refractivity contribution in [1.29, 1.82) is 5.26 Å². The van der Waals surface area contributed by atoms with Gasteiger partial charge in [-0.3, -0.25) is 4.79 Å². The molecule has 0 heterocycles. The van der Waals surface area contributed by atoms with E-state index < -0.39 is 0 Å². The Morgan fingerprint density at radius 2 is 1.90 bits per heavy atom. The summed E-state index contributed by atoms with van der Waals surface area (Å²) in [4.78, 5) is 12.1. The standard InChI is InChI=1S/C17H16N2O2/c1-2-21-16-6-4-3-5-15(16)12-19-17(20)14-9-7-13(11-18)8-10-14/h3-10H,2,12H2,1H3,(H,19,20). The van der Waals surface area contributed by atoms with Crippen molar-refractivity contribution in [2.75, 3.05) is 6.61 Å². The zero-order valence-electron chi connectivity index (χ0n) is 11.8. The molecule has 0 fully saturated rings. The molecule has 2 rings (SSSR count). The molecule has 2 aromatic carbocycles. The predicted molar refractivity (Wildman–Crippen MR) is 79.9 cm³/mol. The van der Waals surface area contributed by atoms with Crippen LogP contribution in [0, 0.1) is 11.3 Å². The maximum Gasteiger partial charge on any atom is 0.251 e. The van der Waals surface area contributed by atoms with E-state index in [4.69, 9.17) is 10.00 Å². The molecule has 1 N–H and O–H groups in total. The van der Waals surface area contributed by atoms with Crippen molar-refractivity contribution >= 4 is 5.91 Å². The lowest BCUT2D eigenvalue weighted by atomic mass is 10.1. The SMILES string of the molecule is CCOc1ccccc1CNC(=O)c1ccc(C#N)cc1. The summed E-state index contributed by atoms with van der Waals surface area (Å²) in [7, 11) is 0. The molecule has 21 heavy (non-hydrogen) atoms. The molecule has 0 saturated carbocycles. The number of hydrogen-bond acceptors (Lipinski definition) is 3. The molecule has 0 spiro atoms. The molecule has 1 amide bonds. The highest BCUT2D eigenvalue weighted by molar-refractivity contribution is 5.94. The summed E-state index contributed by atoms with van der Waals surface area (Å²) in [6.45, 7) is 2.90. The molecular formula is C17H16N2O2. The number of ether oxygens (including phenoxy) is 1. The summed E-state index contributed by atoms with van der Waals surface area (Å²) in [5.41, 5.74) is 2.00. The lowest BCUT2D eigenvalue weighted by Gasteiger charge is -2.11. The van der Waals surface area contributed by atoms with Crippen LogP contribution < -0.4 is 10.1 Å². The van der Waals surface area contributed by atoms with Crippen LogP contribution in [0.15, 0.2) is 48.5 Å². The summed E-state index contributed by atoms with van der Waals surface area (Å²) in [5, 5.41) is 11.6. The fourth-order valence-corrected chi connectivity index (χ4v) is 1.92. The van der Waals surface area contributed by atoms with Gasteiger partial charge in [0.15, 0.2) is 0 Å². The van der Waals surface area contributed by atoms with Crippen molar-refractivity contribution < 1.29 is 9.53 Å². The van der Waals surface area contributed by atoms with E-state index in [0.717, 1.165) is 11.3 Å². The molecule has 0 unspecified atom stereocenters. The van der Waals surface area contributed by atoms with Crippen LogP contribution in [0.25, 0.3) is 0 Å². The van der Waals surface area contributed by atoms with Gasteiger partial charge in [0.25, 0.3) is 5.91 Å². The van der Waals surface area contributed by atoms with Gasteiger partial charge < -0.3 is 10.1 Å². The van der Waals surface area contributed by atoms with Gasteiger partial charge >= 0.3 is 0 Å². The van der Waals surface area contributed by atoms with E-state index in [2.05, 4.69) is 5.32 Å². The third kappa shape index (κ3) is 3.83. The van der Waals surface area contributed by atoms with E-state index in [1.807, 2.05) is 37.3 Å². The van der Waals surface area contributed by atoms with Gasteiger partial charge in [-0.2, -0.15) is 5.26 Å². The molecule has 0 radical (unpaired) electrons. The van der Waals surface area contributed by atoms with Crippen LogP contribution in [0.4, 0.5) is 0 Å². The molecule has 0 aliphatic carbocycles. The van der Waals surface area contributed by atoms with E-state index in [0.29, 0.717) is 24.3 Å². The molecule has 4 heteroatoms. The molecule has 0 aliphatic heterocycles. The summed E-state index contributed by atoms with van der Waals surface area (Å²) >= 11 is 0. The minimum Gasteiger partial charge on any atom is -0.494 e. The fourth-order valence-electron chi connectivity index (χ4n) is 1.92. The second kappa shape index (κ2) is 7.11. The zero-order valence-corrected chi connectivity index (χ0v) is 11.8. The number of amides is 1. The van der Waals surface area contributed by atoms with Crippen molar-refractivity contribution in [3.8, 4) is 11.8 Å². The molecular weight excluding hydrogens is 264 g/mol. The zero-order chi connectivity index (χ0) is 15.1. The molecule has 2 aromatic rings. The maximum atomic E-state index is 12.1. The molecule has 0 aromatic heterocycles. The van der Waals surface area contributed by atoms with Crippen molar-refractivity contribution in [2.24, 2.45) is 0 Å². The Labute approximate surface area is 124 Å². The van der Waals surface area contributed by atoms with E-state index in [1.165, 1.54) is 0 Å². The first-order chi connectivity index (χ1) is 10.2. The molecule has 0 saturated heterocycles. The first kappa shape index (κ1) is 14.6. The number of carbonyl (C=O) groups excluding carboxylic acids is 1. The lowest BCUT2D eigenvalue weighted by molar-refractivity contribution is 0.0950. The van der Waals surface area contributed by atoms with Crippen LogP contribution in [-0.2, 0) is 6.54 Å². The minimum atomic E-state index is -0.175. The Bertz CT molecular complexity index is 657. The van der Waals surface area contributed by atoms with E-state index >= 15 is 0 Å². The topological polar surface area (TPSA) is 62.1 Å². The monoisotopic (exact) mass is 280 g/mol. The van der Waals surface area contributed by atoms with Gasteiger partial charge in [0.1, 0.15) is 5.75 Å². The van der Waals surface area contributed by atoms with Crippen molar-refractivity contribution in [3.05, 3.63) is 65.2 Å². The number of hydrogen-bond donors (Lipinski definition) is 1. The van der Waals surface area contributed by atoms with Crippen LogP contribution in [0.1, 0.15) is 28.4 Å². The highest BCUT2D eigenvalue weighted by Gasteiger charge is 2.07. The van der Waals surface area contributed by atoms with Crippen molar-refractivity contribution in [2.45, 2.75) is 13.5 Å². The number of para-hydroxylation sites is 1. The van der Waals surface area contributed by atoms with Crippen LogP contribution in [0.3, 0.4) is 0 Å². The average Bonchev–Trinajstić information content (AvgIpc) is 2.54. The maximum absolute atomic E-state index is 12.1. The van der Waals surface area contributed by atoms with Crippen LogP contribution in [-0.4, -0.2) is 12.5 Å². The van der Waals surface area contributed by atoms with Crippen LogP contribution in [0.5, 0.6) is 5.75 Å². The highest BCUT2D eigenvalue weighted by atomic mass is 16.5. The normalized spacial score (nSPS) is 9.71. The van der Waals surface area contributed by atoms with Crippen LogP contribution in [0.2, 0.25) is 0 Å². The van der Waals surface area contributed by atoms with Crippen molar-refractivity contribution in [3.63, 3.8) is 0 Å². The third-order valence-electron chi connectivity index (χ3n) is 2.99. The number of nitrogens with one attached hydrogen (secondary N) is 1. The molecule has 0 atom stereocenters. The lowest BCUT2D eigenvalue weighted by Crippen LogP contribution is -2.23. The first-order valence-electron chi connectivity index (χ1n) is 6.73. The number of benzene rings is 2. The minimum absolute atomic E-state index is 0.175. The largest absolute Gasteiger partial charge is 0.494 e. The van der Waals surface area contributed by atoms with Crippen molar-refractivity contribution in [1.82, 2.24) is 5.32 Å². The van der Waals surface area contributed by atoms with Gasteiger partial charge in [0.05, 0.1) is 18.2 Å². The Balaban J connectivity index is 2.02. The third-order valence-corrected chi connectivity index (χ3v) is 2.99. The second-order valence-electron chi connectivity index (χ2n) is 4.41. The van der Waals surface area contributed by atoms with Gasteiger partial charge in [0, 0.05) is 17.7 Å². The smallest absolute Gasteiger partial charge is 0.251 e. The fraction of sp³-hybridized carbons (Fsp3) is 0.176. The van der Waals surface area contributed by atoms with E-state index in [1.54, 1.807) is 24.3 Å². The molecule has 4 nitrogen and oxygen atoms in total. The van der Waals surface area contributed by atoms with E-state index in [9.17, 15) is 4.79 Å². The van der Waals surface area contributed by atoms with Gasteiger partial charge in [-0.25, -0.2) is 0 Å². The Kier molecular flexibility index (Phi) is 4.94.